The summed E-state index contributed by atoms with van der Waals surface area (Å²) in [7, 11) is -4.69. The first kappa shape index (κ1) is 32.5. The molecule has 4 N–H and O–H groups in total. The number of hydrogen-bond donors (Lipinski definition) is 4. The number of rotatable bonds is 22. The van der Waals surface area contributed by atoms with Crippen LogP contribution in [0.2, 0.25) is 0 Å². The van der Waals surface area contributed by atoms with Gasteiger partial charge in [-0.15, -0.1) is 0 Å². The molecule has 3 atom stereocenters. The van der Waals surface area contributed by atoms with Crippen molar-refractivity contribution in [1.82, 2.24) is 5.32 Å². The minimum Gasteiger partial charge on any atom is -0.480 e. The lowest BCUT2D eigenvalue weighted by Gasteiger charge is -2.18. The number of phosphoric ester groups is 1. The van der Waals surface area contributed by atoms with Crippen molar-refractivity contribution >= 4 is 25.7 Å². The zero-order valence-electron chi connectivity index (χ0n) is 20.4. The van der Waals surface area contributed by atoms with Crippen LogP contribution in [-0.2, 0) is 32.7 Å². The Hall–Kier alpha value is -1.52. The number of aliphatic carboxylic acids is 1. The Morgan fingerprint density at radius 3 is 1.91 bits per heavy atom. The van der Waals surface area contributed by atoms with E-state index in [4.69, 9.17) is 9.84 Å². The molecule has 1 amide bonds. The molecule has 0 rings (SSSR count). The van der Waals surface area contributed by atoms with E-state index in [2.05, 4.69) is 21.3 Å². The quantitative estimate of drug-likeness (QED) is 0.0961. The zero-order chi connectivity index (χ0) is 25.8. The van der Waals surface area contributed by atoms with Gasteiger partial charge in [0.2, 0.25) is 5.91 Å². The fourth-order valence-electron chi connectivity index (χ4n) is 2.92. The van der Waals surface area contributed by atoms with Crippen molar-refractivity contribution in [3.8, 4) is 0 Å². The number of aliphatic hydroxyl groups is 1. The first-order chi connectivity index (χ1) is 16.1. The van der Waals surface area contributed by atoms with Gasteiger partial charge in [0, 0.05) is 12.8 Å². The maximum absolute atomic E-state index is 11.8. The Morgan fingerprint density at radius 2 is 1.38 bits per heavy atom. The van der Waals surface area contributed by atoms with Crippen molar-refractivity contribution in [3.63, 3.8) is 0 Å². The molecule has 0 heterocycles. The van der Waals surface area contributed by atoms with Gasteiger partial charge in [0.15, 0.2) is 6.04 Å². The molecule has 200 valence electrons. The lowest BCUT2D eigenvalue weighted by Crippen LogP contribution is -2.43. The van der Waals surface area contributed by atoms with Gasteiger partial charge in [-0.05, 0) is 6.42 Å². The van der Waals surface area contributed by atoms with E-state index in [0.717, 1.165) is 19.3 Å². The third-order valence-electron chi connectivity index (χ3n) is 4.96. The summed E-state index contributed by atoms with van der Waals surface area (Å²) >= 11 is 0. The van der Waals surface area contributed by atoms with E-state index in [9.17, 15) is 28.9 Å². The Labute approximate surface area is 202 Å². The summed E-state index contributed by atoms with van der Waals surface area (Å²) in [4.78, 5) is 43.7. The van der Waals surface area contributed by atoms with Crippen LogP contribution in [0.25, 0.3) is 0 Å². The number of ether oxygens (including phenoxy) is 1. The number of hydrogen-bond acceptors (Lipinski definition) is 8. The lowest BCUT2D eigenvalue weighted by atomic mass is 10.1. The Bertz CT molecular complexity index is 631. The predicted molar refractivity (Wildman–Crippen MR) is 125 cm³/mol. The molecular weight excluding hydrogens is 469 g/mol. The van der Waals surface area contributed by atoms with Gasteiger partial charge in [0.05, 0.1) is 13.2 Å². The molecule has 0 aromatic rings. The Morgan fingerprint density at radius 1 is 0.853 bits per heavy atom. The van der Waals surface area contributed by atoms with Crippen molar-refractivity contribution in [2.24, 2.45) is 0 Å². The molecule has 0 fully saturated rings. The molecule has 3 unspecified atom stereocenters. The highest BCUT2D eigenvalue weighted by atomic mass is 31.2. The topological polar surface area (TPSA) is 169 Å². The van der Waals surface area contributed by atoms with E-state index in [-0.39, 0.29) is 12.8 Å². The minimum absolute atomic E-state index is 0.0289. The molecule has 0 aliphatic heterocycles. The summed E-state index contributed by atoms with van der Waals surface area (Å²) in [6, 6.07) is -1.53. The molecule has 0 saturated carbocycles. The fraction of sp³-hybridized carbons (Fsp3) is 0.864. The summed E-state index contributed by atoms with van der Waals surface area (Å²) in [6.45, 7) is 1.82. The normalized spacial score (nSPS) is 14.7. The van der Waals surface area contributed by atoms with E-state index in [1.165, 1.54) is 45.4 Å². The second-order valence-corrected chi connectivity index (χ2v) is 9.59. The van der Waals surface area contributed by atoms with Crippen LogP contribution >= 0.6 is 7.82 Å². The van der Waals surface area contributed by atoms with Gasteiger partial charge >= 0.3 is 19.8 Å². The molecule has 12 heteroatoms. The minimum atomic E-state index is -4.69. The number of carbonyl (C=O) groups is 3. The monoisotopic (exact) mass is 511 g/mol. The highest BCUT2D eigenvalue weighted by Crippen LogP contribution is 2.43. The van der Waals surface area contributed by atoms with Crippen molar-refractivity contribution in [2.75, 3.05) is 19.8 Å². The average Bonchev–Trinajstić information content (AvgIpc) is 2.79. The first-order valence-corrected chi connectivity index (χ1v) is 13.6. The summed E-state index contributed by atoms with van der Waals surface area (Å²) in [5.41, 5.74) is 0. The van der Waals surface area contributed by atoms with Gasteiger partial charge in [0.25, 0.3) is 0 Å². The zero-order valence-corrected chi connectivity index (χ0v) is 21.3. The number of phosphoric acid groups is 1. The smallest absolute Gasteiger partial charge is 0.472 e. The number of carbonyl (C=O) groups excluding carboxylic acids is 2. The number of esters is 1. The average molecular weight is 512 g/mol. The lowest BCUT2D eigenvalue weighted by molar-refractivity contribution is -0.147. The molecule has 0 aromatic heterocycles. The van der Waals surface area contributed by atoms with Crippen LogP contribution in [-0.4, -0.2) is 64.9 Å². The van der Waals surface area contributed by atoms with Crippen molar-refractivity contribution < 1.29 is 47.8 Å². The van der Waals surface area contributed by atoms with Crippen molar-refractivity contribution in [2.45, 2.75) is 103 Å². The van der Waals surface area contributed by atoms with Crippen LogP contribution in [0.1, 0.15) is 90.9 Å². The standard InChI is InChI=1S/C22H42NO10P/c1-3-5-6-7-8-9-10-11-12-13-14-21(26)31-15-18(24)16-32-34(29,30)33-17-19(22(27)28)23-20(25)4-2/h18-19,24H,3-17H2,1-2H3,(H,23,25)(H,27,28)(H,29,30). The molecule has 11 nitrogen and oxygen atoms in total. The second-order valence-electron chi connectivity index (χ2n) is 8.14. The number of aliphatic hydroxyl groups excluding tert-OH is 1. The van der Waals surface area contributed by atoms with Crippen LogP contribution in [0.15, 0.2) is 0 Å². The van der Waals surface area contributed by atoms with E-state index >= 15 is 0 Å². The first-order valence-electron chi connectivity index (χ1n) is 12.1. The fourth-order valence-corrected chi connectivity index (χ4v) is 3.70. The Balaban J connectivity index is 3.93. The van der Waals surface area contributed by atoms with Crippen LogP contribution in [0.5, 0.6) is 0 Å². The van der Waals surface area contributed by atoms with Gasteiger partial charge in [-0.2, -0.15) is 0 Å². The Kier molecular flexibility index (Phi) is 18.9. The predicted octanol–water partition coefficient (Wildman–Crippen LogP) is 3.31. The molecule has 0 saturated heterocycles. The number of carboxylic acid groups (broad SMARTS) is 1. The van der Waals surface area contributed by atoms with Gasteiger partial charge in [0.1, 0.15) is 12.7 Å². The third-order valence-corrected chi connectivity index (χ3v) is 5.91. The molecule has 0 bridgehead atoms. The molecule has 34 heavy (non-hydrogen) atoms. The van der Waals surface area contributed by atoms with Gasteiger partial charge in [-0.3, -0.25) is 18.6 Å². The summed E-state index contributed by atoms with van der Waals surface area (Å²) in [5.74, 6) is -2.49. The number of nitrogens with one attached hydrogen (secondary N) is 1. The maximum Gasteiger partial charge on any atom is 0.472 e. The highest BCUT2D eigenvalue weighted by Gasteiger charge is 2.28. The molecule has 0 aliphatic carbocycles. The summed E-state index contributed by atoms with van der Waals surface area (Å²) in [5, 5.41) is 20.9. The highest BCUT2D eigenvalue weighted by molar-refractivity contribution is 7.47. The molecule has 0 radical (unpaired) electrons. The maximum atomic E-state index is 11.8. The van der Waals surface area contributed by atoms with Gasteiger partial charge in [-0.25, -0.2) is 9.36 Å². The van der Waals surface area contributed by atoms with E-state index in [1.807, 2.05) is 0 Å². The van der Waals surface area contributed by atoms with Crippen molar-refractivity contribution in [1.29, 1.82) is 0 Å². The van der Waals surface area contributed by atoms with Gasteiger partial charge < -0.3 is 25.2 Å². The molecule has 0 spiro atoms. The van der Waals surface area contributed by atoms with Crippen LogP contribution in [0.3, 0.4) is 0 Å². The molecule has 0 aromatic carbocycles. The summed E-state index contributed by atoms with van der Waals surface area (Å²) in [6.07, 6.45) is 10.3. The number of unbranched alkanes of at least 4 members (excludes halogenated alkanes) is 9. The van der Waals surface area contributed by atoms with E-state index in [0.29, 0.717) is 6.42 Å². The number of amides is 1. The second kappa shape index (κ2) is 19.8. The van der Waals surface area contributed by atoms with E-state index < -0.39 is 57.6 Å². The largest absolute Gasteiger partial charge is 0.480 e. The summed E-state index contributed by atoms with van der Waals surface area (Å²) < 4.78 is 25.9. The van der Waals surface area contributed by atoms with Crippen LogP contribution < -0.4 is 5.32 Å². The van der Waals surface area contributed by atoms with Gasteiger partial charge in [-0.1, -0.05) is 71.6 Å². The van der Waals surface area contributed by atoms with E-state index in [1.54, 1.807) is 0 Å². The third kappa shape index (κ3) is 18.9. The number of carboxylic acids is 1. The van der Waals surface area contributed by atoms with Crippen LogP contribution in [0, 0.1) is 0 Å². The molecular formula is C22H42NO10P. The molecule has 0 aliphatic rings. The SMILES string of the molecule is CCCCCCCCCCCCC(=O)OCC(O)COP(=O)(O)OCC(NC(=O)CC)C(=O)O. The van der Waals surface area contributed by atoms with Crippen LogP contribution in [0.4, 0.5) is 0 Å². The van der Waals surface area contributed by atoms with Crippen molar-refractivity contribution in [3.05, 3.63) is 0 Å².